The number of hydrogen-bond donors (Lipinski definition) is 0. The summed E-state index contributed by atoms with van der Waals surface area (Å²) in [6.45, 7) is 0. The molecular formula is C18H16BrF2NO2. The van der Waals surface area contributed by atoms with Crippen molar-refractivity contribution in [1.82, 2.24) is 4.98 Å². The lowest BCUT2D eigenvalue weighted by Gasteiger charge is -2.28. The molecule has 3 rings (SSSR count). The fourth-order valence-electron chi connectivity index (χ4n) is 3.36. The second-order valence-corrected chi connectivity index (χ2v) is 7.21. The number of hydrogen-bond acceptors (Lipinski definition) is 3. The van der Waals surface area contributed by atoms with E-state index in [9.17, 15) is 18.4 Å². The number of rotatable bonds is 4. The predicted octanol–water partition coefficient (Wildman–Crippen LogP) is 4.99. The highest BCUT2D eigenvalue weighted by molar-refractivity contribution is 9.10. The van der Waals surface area contributed by atoms with Crippen LogP contribution in [0.3, 0.4) is 0 Å². The molecule has 1 aliphatic carbocycles. The Balaban J connectivity index is 2.02. The van der Waals surface area contributed by atoms with Crippen molar-refractivity contribution in [2.75, 3.05) is 0 Å². The lowest BCUT2D eigenvalue weighted by Crippen LogP contribution is -2.26. The maximum Gasteiger partial charge on any atom is 0.248 e. The van der Waals surface area contributed by atoms with Gasteiger partial charge in [-0.1, -0.05) is 15.9 Å². The number of nitrogens with zero attached hydrogens (tertiary/aromatic N) is 1. The van der Waals surface area contributed by atoms with Crippen LogP contribution in [0.1, 0.15) is 52.1 Å². The molecule has 1 aliphatic rings. The normalized spacial score (nSPS) is 17.8. The minimum atomic E-state index is -2.59. The Kier molecular flexibility index (Phi) is 4.76. The molecule has 6 heteroatoms. The SMILES string of the molecule is O=Cc1nc2ccc(Br)cc2c(C=O)c1CC1CCC(F)(F)CC1. The fourth-order valence-corrected chi connectivity index (χ4v) is 3.72. The molecule has 1 aromatic carbocycles. The Labute approximate surface area is 146 Å². The summed E-state index contributed by atoms with van der Waals surface area (Å²) in [6, 6.07) is 5.32. The summed E-state index contributed by atoms with van der Waals surface area (Å²) in [5.74, 6) is -2.56. The van der Waals surface area contributed by atoms with E-state index in [1.54, 1.807) is 18.2 Å². The van der Waals surface area contributed by atoms with Gasteiger partial charge in [0, 0.05) is 28.3 Å². The first-order valence-electron chi connectivity index (χ1n) is 7.84. The minimum absolute atomic E-state index is 0.0356. The molecule has 126 valence electrons. The van der Waals surface area contributed by atoms with Crippen molar-refractivity contribution in [1.29, 1.82) is 0 Å². The maximum absolute atomic E-state index is 13.3. The molecule has 1 heterocycles. The summed E-state index contributed by atoms with van der Waals surface area (Å²) in [7, 11) is 0. The zero-order chi connectivity index (χ0) is 17.3. The maximum atomic E-state index is 13.3. The topological polar surface area (TPSA) is 47.0 Å². The highest BCUT2D eigenvalue weighted by Gasteiger charge is 2.35. The molecule has 3 nitrogen and oxygen atoms in total. The fraction of sp³-hybridized carbons (Fsp3) is 0.389. The van der Waals surface area contributed by atoms with Crippen LogP contribution in [0.15, 0.2) is 22.7 Å². The van der Waals surface area contributed by atoms with Crippen LogP contribution in [0, 0.1) is 5.92 Å². The van der Waals surface area contributed by atoms with Gasteiger partial charge in [0.2, 0.25) is 5.92 Å². The van der Waals surface area contributed by atoms with Gasteiger partial charge in [0.05, 0.1) is 5.52 Å². The third-order valence-electron chi connectivity index (χ3n) is 4.68. The minimum Gasteiger partial charge on any atom is -0.298 e. The summed E-state index contributed by atoms with van der Waals surface area (Å²) in [5, 5.41) is 0.668. The average molecular weight is 396 g/mol. The molecule has 0 aliphatic heterocycles. The zero-order valence-electron chi connectivity index (χ0n) is 12.9. The van der Waals surface area contributed by atoms with Crippen molar-refractivity contribution < 1.29 is 18.4 Å². The summed E-state index contributed by atoms with van der Waals surface area (Å²) in [6.07, 6.45) is 2.29. The molecule has 2 aromatic rings. The van der Waals surface area contributed by atoms with Crippen LogP contribution in [0.5, 0.6) is 0 Å². The first kappa shape index (κ1) is 17.1. The molecule has 0 N–H and O–H groups in total. The number of carbonyl (C=O) groups is 2. The zero-order valence-corrected chi connectivity index (χ0v) is 14.5. The van der Waals surface area contributed by atoms with Gasteiger partial charge in [0.1, 0.15) is 5.69 Å². The van der Waals surface area contributed by atoms with Gasteiger partial charge in [-0.05, 0) is 48.9 Å². The van der Waals surface area contributed by atoms with E-state index in [1.165, 1.54) is 0 Å². The van der Waals surface area contributed by atoms with Crippen molar-refractivity contribution in [2.24, 2.45) is 5.92 Å². The lowest BCUT2D eigenvalue weighted by molar-refractivity contribution is -0.0456. The first-order valence-corrected chi connectivity index (χ1v) is 8.63. The molecule has 0 unspecified atom stereocenters. The van der Waals surface area contributed by atoms with Crippen LogP contribution in [-0.2, 0) is 6.42 Å². The first-order chi connectivity index (χ1) is 11.4. The van der Waals surface area contributed by atoms with E-state index < -0.39 is 5.92 Å². The van der Waals surface area contributed by atoms with E-state index in [4.69, 9.17) is 0 Å². The Morgan fingerprint density at radius 2 is 1.92 bits per heavy atom. The van der Waals surface area contributed by atoms with Crippen molar-refractivity contribution in [3.8, 4) is 0 Å². The number of aromatic nitrogens is 1. The molecule has 1 aromatic heterocycles. The van der Waals surface area contributed by atoms with E-state index in [0.717, 1.165) is 10.8 Å². The van der Waals surface area contributed by atoms with Crippen LogP contribution in [0.4, 0.5) is 8.78 Å². The van der Waals surface area contributed by atoms with E-state index >= 15 is 0 Å². The number of benzene rings is 1. The standard InChI is InChI=1S/C18H16BrF2NO2/c19-12-1-2-16-14(8-12)15(9-23)13(17(10-24)22-16)7-11-3-5-18(20,21)6-4-11/h1-2,8-11H,3-7H2. The molecular weight excluding hydrogens is 380 g/mol. The van der Waals surface area contributed by atoms with Crippen molar-refractivity contribution >= 4 is 39.4 Å². The number of halogens is 3. The molecule has 1 saturated carbocycles. The smallest absolute Gasteiger partial charge is 0.248 e. The third-order valence-corrected chi connectivity index (χ3v) is 5.18. The van der Waals surface area contributed by atoms with Crippen LogP contribution in [-0.4, -0.2) is 23.5 Å². The van der Waals surface area contributed by atoms with Crippen molar-refractivity contribution in [3.63, 3.8) is 0 Å². The molecule has 24 heavy (non-hydrogen) atoms. The highest BCUT2D eigenvalue weighted by Crippen LogP contribution is 2.38. The molecule has 0 bridgehead atoms. The molecule has 0 atom stereocenters. The second-order valence-electron chi connectivity index (χ2n) is 6.29. The average Bonchev–Trinajstić information content (AvgIpc) is 2.56. The molecule has 0 saturated heterocycles. The van der Waals surface area contributed by atoms with Gasteiger partial charge in [0.15, 0.2) is 12.6 Å². The van der Waals surface area contributed by atoms with Crippen molar-refractivity contribution in [2.45, 2.75) is 38.0 Å². The largest absolute Gasteiger partial charge is 0.298 e. The van der Waals surface area contributed by atoms with Crippen LogP contribution in [0.2, 0.25) is 0 Å². The monoisotopic (exact) mass is 395 g/mol. The van der Waals surface area contributed by atoms with Crippen molar-refractivity contribution in [3.05, 3.63) is 39.5 Å². The predicted molar refractivity (Wildman–Crippen MR) is 90.8 cm³/mol. The number of fused-ring (bicyclic) bond motifs is 1. The Morgan fingerprint density at radius 1 is 1.21 bits per heavy atom. The number of carbonyl (C=O) groups excluding carboxylic acids is 2. The Hall–Kier alpha value is -1.69. The highest BCUT2D eigenvalue weighted by atomic mass is 79.9. The Morgan fingerprint density at radius 3 is 2.54 bits per heavy atom. The number of pyridine rings is 1. The molecule has 0 spiro atoms. The van der Waals surface area contributed by atoms with E-state index in [-0.39, 0.29) is 24.5 Å². The van der Waals surface area contributed by atoms with Gasteiger partial charge in [0.25, 0.3) is 0 Å². The van der Waals surface area contributed by atoms with E-state index in [0.29, 0.717) is 47.6 Å². The summed E-state index contributed by atoms with van der Waals surface area (Å²) in [5.41, 5.74) is 1.80. The lowest BCUT2D eigenvalue weighted by atomic mass is 9.81. The van der Waals surface area contributed by atoms with Gasteiger partial charge in [-0.3, -0.25) is 9.59 Å². The Bertz CT molecular complexity index is 797. The van der Waals surface area contributed by atoms with E-state index in [2.05, 4.69) is 20.9 Å². The number of aldehydes is 2. The molecule has 0 amide bonds. The summed E-state index contributed by atoms with van der Waals surface area (Å²) >= 11 is 3.37. The quantitative estimate of drug-likeness (QED) is 0.685. The van der Waals surface area contributed by atoms with Gasteiger partial charge in [-0.15, -0.1) is 0 Å². The van der Waals surface area contributed by atoms with Gasteiger partial charge in [-0.2, -0.15) is 0 Å². The second kappa shape index (κ2) is 6.67. The van der Waals surface area contributed by atoms with Gasteiger partial charge < -0.3 is 0 Å². The molecule has 0 radical (unpaired) electrons. The molecule has 1 fully saturated rings. The summed E-state index contributed by atoms with van der Waals surface area (Å²) in [4.78, 5) is 27.5. The van der Waals surface area contributed by atoms with Gasteiger partial charge >= 0.3 is 0 Å². The van der Waals surface area contributed by atoms with Crippen LogP contribution < -0.4 is 0 Å². The number of alkyl halides is 2. The van der Waals surface area contributed by atoms with E-state index in [1.807, 2.05) is 0 Å². The summed E-state index contributed by atoms with van der Waals surface area (Å²) < 4.78 is 27.5. The van der Waals surface area contributed by atoms with Crippen LogP contribution in [0.25, 0.3) is 10.9 Å². The van der Waals surface area contributed by atoms with Gasteiger partial charge in [-0.25, -0.2) is 13.8 Å². The van der Waals surface area contributed by atoms with Crippen LogP contribution >= 0.6 is 15.9 Å². The third kappa shape index (κ3) is 3.38.